The monoisotopic (exact) mass is 276 g/mol. The number of methoxy groups -OCH3 is 1. The highest BCUT2D eigenvalue weighted by molar-refractivity contribution is 8.13. The maximum Gasteiger partial charge on any atom is 0.302 e. The molecule has 0 aromatic carbocycles. The van der Waals surface area contributed by atoms with Gasteiger partial charge in [-0.3, -0.25) is 9.59 Å². The zero-order valence-corrected chi connectivity index (χ0v) is 11.3. The molecule has 0 N–H and O–H groups in total. The van der Waals surface area contributed by atoms with Crippen LogP contribution >= 0.6 is 11.8 Å². The lowest BCUT2D eigenvalue weighted by Crippen LogP contribution is -2.44. The Kier molecular flexibility index (Phi) is 3.96. The van der Waals surface area contributed by atoms with Crippen LogP contribution in [0.5, 0.6) is 0 Å². The Bertz CT molecular complexity index is 359. The van der Waals surface area contributed by atoms with E-state index < -0.39 is 11.8 Å². The average Bonchev–Trinajstić information content (AvgIpc) is 3.04. The van der Waals surface area contributed by atoms with Gasteiger partial charge in [0.05, 0.1) is 6.10 Å². The van der Waals surface area contributed by atoms with Crippen molar-refractivity contribution in [3.8, 4) is 0 Å². The van der Waals surface area contributed by atoms with E-state index >= 15 is 0 Å². The SMILES string of the molecule is CO[C@]1(COC(C)=O)O[C@H](CSC(C)=O)[C@@H]2O[C@@H]21. The first-order chi connectivity index (χ1) is 8.48. The molecular formula is C11H16O6S. The Balaban J connectivity index is 1.94. The van der Waals surface area contributed by atoms with E-state index in [-0.39, 0.29) is 30.0 Å². The molecule has 7 heteroatoms. The molecule has 0 amide bonds. The summed E-state index contributed by atoms with van der Waals surface area (Å²) in [6.45, 7) is 2.83. The minimum absolute atomic E-state index is 0.00123. The molecule has 0 aliphatic carbocycles. The molecule has 18 heavy (non-hydrogen) atoms. The van der Waals surface area contributed by atoms with Crippen molar-refractivity contribution in [2.75, 3.05) is 19.5 Å². The standard InChI is InChI=1S/C11H16O6S/c1-6(12)15-5-11(14-3)10-9(16-10)8(17-11)4-18-7(2)13/h8-10H,4-5H2,1-3H3/t8-,9+,10+,11-/m1/s1. The van der Waals surface area contributed by atoms with E-state index in [0.717, 1.165) is 0 Å². The fourth-order valence-corrected chi connectivity index (χ4v) is 2.68. The maximum atomic E-state index is 10.9. The van der Waals surface area contributed by atoms with Gasteiger partial charge in [-0.05, 0) is 0 Å². The van der Waals surface area contributed by atoms with Crippen molar-refractivity contribution in [1.82, 2.24) is 0 Å². The van der Waals surface area contributed by atoms with Gasteiger partial charge in [-0.1, -0.05) is 11.8 Å². The molecule has 6 nitrogen and oxygen atoms in total. The van der Waals surface area contributed by atoms with Crippen molar-refractivity contribution in [1.29, 1.82) is 0 Å². The predicted molar refractivity (Wildman–Crippen MR) is 63.0 cm³/mol. The Labute approximate surface area is 109 Å². The second-order valence-corrected chi connectivity index (χ2v) is 5.47. The molecule has 0 spiro atoms. The van der Waals surface area contributed by atoms with Crippen molar-refractivity contribution < 1.29 is 28.5 Å². The molecule has 2 aliphatic rings. The lowest BCUT2D eigenvalue weighted by molar-refractivity contribution is -0.262. The molecule has 2 fully saturated rings. The van der Waals surface area contributed by atoms with Crippen LogP contribution in [-0.4, -0.2) is 54.7 Å². The van der Waals surface area contributed by atoms with Gasteiger partial charge in [-0.15, -0.1) is 0 Å². The Hall–Kier alpha value is -0.630. The van der Waals surface area contributed by atoms with E-state index in [1.165, 1.54) is 32.7 Å². The zero-order valence-electron chi connectivity index (χ0n) is 10.5. The fraction of sp³-hybridized carbons (Fsp3) is 0.818. The summed E-state index contributed by atoms with van der Waals surface area (Å²) in [6, 6.07) is 0. The van der Waals surface area contributed by atoms with Crippen LogP contribution in [0.15, 0.2) is 0 Å². The summed E-state index contributed by atoms with van der Waals surface area (Å²) in [7, 11) is 1.49. The van der Waals surface area contributed by atoms with Crippen LogP contribution in [0.2, 0.25) is 0 Å². The second-order valence-electron chi connectivity index (χ2n) is 4.28. The molecule has 4 atom stereocenters. The molecule has 0 unspecified atom stereocenters. The largest absolute Gasteiger partial charge is 0.460 e. The third-order valence-electron chi connectivity index (χ3n) is 2.95. The van der Waals surface area contributed by atoms with Crippen LogP contribution in [-0.2, 0) is 28.5 Å². The Morgan fingerprint density at radius 3 is 2.67 bits per heavy atom. The number of fused-ring (bicyclic) bond motifs is 1. The molecule has 0 radical (unpaired) electrons. The number of epoxide rings is 1. The summed E-state index contributed by atoms with van der Waals surface area (Å²) in [5, 5.41) is 0.0331. The number of esters is 1. The number of carbonyl (C=O) groups is 2. The Morgan fingerprint density at radius 2 is 2.11 bits per heavy atom. The second kappa shape index (κ2) is 5.16. The molecule has 2 saturated heterocycles. The van der Waals surface area contributed by atoms with Gasteiger partial charge in [0.1, 0.15) is 18.8 Å². The summed E-state index contributed by atoms with van der Waals surface area (Å²) in [4.78, 5) is 21.8. The number of ether oxygens (including phenoxy) is 4. The zero-order chi connectivity index (χ0) is 13.3. The van der Waals surface area contributed by atoms with E-state index in [1.807, 2.05) is 0 Å². The predicted octanol–water partition coefficient (Wildman–Crippen LogP) is 0.338. The number of rotatable bonds is 5. The lowest BCUT2D eigenvalue weighted by Gasteiger charge is -2.29. The summed E-state index contributed by atoms with van der Waals surface area (Å²) in [5.41, 5.74) is 0. The van der Waals surface area contributed by atoms with Crippen LogP contribution in [0.1, 0.15) is 13.8 Å². The first-order valence-corrected chi connectivity index (χ1v) is 6.62. The highest BCUT2D eigenvalue weighted by Gasteiger charge is 2.67. The van der Waals surface area contributed by atoms with Gasteiger partial charge in [0.2, 0.25) is 5.79 Å². The van der Waals surface area contributed by atoms with Gasteiger partial charge < -0.3 is 18.9 Å². The quantitative estimate of drug-likeness (QED) is 0.529. The number of hydrogen-bond acceptors (Lipinski definition) is 7. The van der Waals surface area contributed by atoms with Crippen LogP contribution in [0.4, 0.5) is 0 Å². The number of hydrogen-bond donors (Lipinski definition) is 0. The first-order valence-electron chi connectivity index (χ1n) is 5.63. The average molecular weight is 276 g/mol. The molecule has 102 valence electrons. The van der Waals surface area contributed by atoms with Gasteiger partial charge in [0.25, 0.3) is 0 Å². The molecular weight excluding hydrogens is 260 g/mol. The van der Waals surface area contributed by atoms with E-state index in [0.29, 0.717) is 5.75 Å². The normalized spacial score (nSPS) is 37.2. The fourth-order valence-electron chi connectivity index (χ4n) is 2.02. The van der Waals surface area contributed by atoms with Gasteiger partial charge >= 0.3 is 5.97 Å². The van der Waals surface area contributed by atoms with Crippen LogP contribution in [0.3, 0.4) is 0 Å². The minimum Gasteiger partial charge on any atom is -0.460 e. The van der Waals surface area contributed by atoms with Crippen molar-refractivity contribution in [3.63, 3.8) is 0 Å². The summed E-state index contributed by atoms with van der Waals surface area (Å²) >= 11 is 1.19. The van der Waals surface area contributed by atoms with Gasteiger partial charge in [0, 0.05) is 26.7 Å². The van der Waals surface area contributed by atoms with Gasteiger partial charge in [0.15, 0.2) is 5.12 Å². The number of thioether (sulfide) groups is 1. The smallest absolute Gasteiger partial charge is 0.302 e. The first kappa shape index (κ1) is 13.8. The Morgan fingerprint density at radius 1 is 1.39 bits per heavy atom. The van der Waals surface area contributed by atoms with Crippen molar-refractivity contribution >= 4 is 22.8 Å². The van der Waals surface area contributed by atoms with E-state index in [1.54, 1.807) is 0 Å². The summed E-state index contributed by atoms with van der Waals surface area (Å²) in [5.74, 6) is -0.908. The maximum absolute atomic E-state index is 10.9. The van der Waals surface area contributed by atoms with Crippen LogP contribution < -0.4 is 0 Å². The number of carbonyl (C=O) groups excluding carboxylic acids is 2. The van der Waals surface area contributed by atoms with Crippen molar-refractivity contribution in [2.45, 2.75) is 37.9 Å². The third-order valence-corrected chi connectivity index (χ3v) is 3.85. The molecule has 2 aliphatic heterocycles. The minimum atomic E-state index is -1.03. The highest BCUT2D eigenvalue weighted by Crippen LogP contribution is 2.47. The lowest BCUT2D eigenvalue weighted by atomic mass is 10.2. The van der Waals surface area contributed by atoms with E-state index in [4.69, 9.17) is 18.9 Å². The molecule has 2 heterocycles. The molecule has 2 rings (SSSR count). The highest BCUT2D eigenvalue weighted by atomic mass is 32.2. The molecule has 0 aromatic rings. The van der Waals surface area contributed by atoms with Gasteiger partial charge in [-0.25, -0.2) is 0 Å². The molecule has 0 aromatic heterocycles. The third kappa shape index (κ3) is 2.69. The van der Waals surface area contributed by atoms with E-state index in [9.17, 15) is 9.59 Å². The van der Waals surface area contributed by atoms with Crippen molar-refractivity contribution in [2.24, 2.45) is 0 Å². The molecule has 0 saturated carbocycles. The summed E-state index contributed by atoms with van der Waals surface area (Å²) < 4.78 is 21.5. The van der Waals surface area contributed by atoms with Gasteiger partial charge in [-0.2, -0.15) is 0 Å². The summed E-state index contributed by atoms with van der Waals surface area (Å²) in [6.07, 6.45) is -0.508. The topological polar surface area (TPSA) is 74.4 Å². The van der Waals surface area contributed by atoms with E-state index in [2.05, 4.69) is 0 Å². The van der Waals surface area contributed by atoms with Crippen LogP contribution in [0, 0.1) is 0 Å². The van der Waals surface area contributed by atoms with Crippen LogP contribution in [0.25, 0.3) is 0 Å². The molecule has 0 bridgehead atoms. The van der Waals surface area contributed by atoms with Crippen molar-refractivity contribution in [3.05, 3.63) is 0 Å².